The molecular formula is C30H37NO5. The summed E-state index contributed by atoms with van der Waals surface area (Å²) in [5, 5.41) is 0. The second kappa shape index (κ2) is 12.2. The molecule has 0 spiro atoms. The van der Waals surface area contributed by atoms with Crippen LogP contribution in [0.1, 0.15) is 62.1 Å². The highest BCUT2D eigenvalue weighted by atomic mass is 16.5. The van der Waals surface area contributed by atoms with Crippen molar-refractivity contribution in [3.63, 3.8) is 0 Å². The third kappa shape index (κ3) is 6.55. The summed E-state index contributed by atoms with van der Waals surface area (Å²) in [7, 11) is 3.24. The monoisotopic (exact) mass is 491 g/mol. The maximum absolute atomic E-state index is 12.7. The first-order valence-electron chi connectivity index (χ1n) is 12.9. The van der Waals surface area contributed by atoms with Crippen LogP contribution in [-0.2, 0) is 27.3 Å². The molecule has 36 heavy (non-hydrogen) atoms. The van der Waals surface area contributed by atoms with Crippen LogP contribution in [0.3, 0.4) is 0 Å². The minimum Gasteiger partial charge on any atom is -0.493 e. The van der Waals surface area contributed by atoms with Gasteiger partial charge >= 0.3 is 5.97 Å². The molecule has 0 N–H and O–H groups in total. The van der Waals surface area contributed by atoms with Crippen molar-refractivity contribution in [1.29, 1.82) is 0 Å². The molecule has 0 atom stereocenters. The summed E-state index contributed by atoms with van der Waals surface area (Å²) in [6, 6.07) is 14.5. The van der Waals surface area contributed by atoms with Crippen LogP contribution in [-0.4, -0.2) is 44.0 Å². The fraction of sp³-hybridized carbons (Fsp3) is 0.467. The van der Waals surface area contributed by atoms with Gasteiger partial charge in [-0.05, 0) is 86.9 Å². The van der Waals surface area contributed by atoms with Crippen molar-refractivity contribution < 1.29 is 23.8 Å². The molecule has 0 aromatic heterocycles. The molecule has 192 valence electrons. The van der Waals surface area contributed by atoms with Gasteiger partial charge in [0, 0.05) is 24.9 Å². The van der Waals surface area contributed by atoms with E-state index in [2.05, 4.69) is 35.2 Å². The Hall–Kier alpha value is -3.12. The van der Waals surface area contributed by atoms with Gasteiger partial charge in [0.1, 0.15) is 11.5 Å². The van der Waals surface area contributed by atoms with Gasteiger partial charge in [-0.3, -0.25) is 9.69 Å². The van der Waals surface area contributed by atoms with Gasteiger partial charge in [0.05, 0.1) is 14.2 Å². The lowest BCUT2D eigenvalue weighted by atomic mass is 9.89. The lowest BCUT2D eigenvalue weighted by Gasteiger charge is -2.32. The zero-order chi connectivity index (χ0) is 25.5. The number of carbonyl (C=O) groups excluding carboxylic acids is 2. The fourth-order valence-corrected chi connectivity index (χ4v) is 5.26. The van der Waals surface area contributed by atoms with Crippen molar-refractivity contribution in [3.8, 4) is 11.5 Å². The third-order valence-electron chi connectivity index (χ3n) is 7.20. The number of fused-ring (bicyclic) bond motifs is 1. The molecule has 0 radical (unpaired) electrons. The first kappa shape index (κ1) is 26.0. The second-order valence-electron chi connectivity index (χ2n) is 9.91. The van der Waals surface area contributed by atoms with Gasteiger partial charge < -0.3 is 19.0 Å². The number of esters is 1. The molecule has 0 saturated carbocycles. The van der Waals surface area contributed by atoms with E-state index in [1.54, 1.807) is 21.1 Å². The van der Waals surface area contributed by atoms with E-state index in [1.165, 1.54) is 11.1 Å². The number of nitrogens with zero attached hydrogens (tertiary/aromatic N) is 1. The molecule has 2 aromatic rings. The minimum atomic E-state index is -0.288. The maximum Gasteiger partial charge on any atom is 0.311 e. The number of ketones is 1. The van der Waals surface area contributed by atoms with E-state index in [0.29, 0.717) is 36.0 Å². The van der Waals surface area contributed by atoms with Gasteiger partial charge in [-0.2, -0.15) is 0 Å². The Labute approximate surface area is 214 Å². The number of benzene rings is 2. The average Bonchev–Trinajstić information content (AvgIpc) is 3.20. The molecule has 1 aliphatic heterocycles. The fourth-order valence-electron chi connectivity index (χ4n) is 5.26. The molecule has 1 heterocycles. The van der Waals surface area contributed by atoms with Crippen molar-refractivity contribution in [2.24, 2.45) is 5.92 Å². The van der Waals surface area contributed by atoms with E-state index < -0.39 is 0 Å². The number of hydrogen-bond acceptors (Lipinski definition) is 6. The lowest BCUT2D eigenvalue weighted by molar-refractivity contribution is -0.136. The maximum atomic E-state index is 12.7. The largest absolute Gasteiger partial charge is 0.493 e. The topological polar surface area (TPSA) is 65.1 Å². The standard InChI is InChI=1S/C30H37NO5/c1-21(32)8-7-11-29(33)36-30-25(17-24-18-27(34-2)28(35-3)19-26(24)30)16-22-12-14-31(15-13-22)20-23-9-5-4-6-10-23/h4-6,9-10,18-19,22H,7-8,11-17,20H2,1-3H3. The number of carbonyl (C=O) groups is 2. The van der Waals surface area contributed by atoms with Crippen LogP contribution in [0.4, 0.5) is 0 Å². The minimum absolute atomic E-state index is 0.0874. The van der Waals surface area contributed by atoms with Gasteiger partial charge in [0.2, 0.25) is 0 Å². The number of rotatable bonds is 11. The molecule has 4 rings (SSSR count). The van der Waals surface area contributed by atoms with Gasteiger partial charge in [0.25, 0.3) is 0 Å². The van der Waals surface area contributed by atoms with Gasteiger partial charge in [-0.15, -0.1) is 0 Å². The second-order valence-corrected chi connectivity index (χ2v) is 9.91. The Morgan fingerprint density at radius 3 is 2.33 bits per heavy atom. The van der Waals surface area contributed by atoms with Crippen molar-refractivity contribution in [2.45, 2.75) is 58.4 Å². The molecule has 1 saturated heterocycles. The Morgan fingerprint density at radius 1 is 0.972 bits per heavy atom. The van der Waals surface area contributed by atoms with Crippen LogP contribution in [0.2, 0.25) is 0 Å². The predicted molar refractivity (Wildman–Crippen MR) is 140 cm³/mol. The van der Waals surface area contributed by atoms with E-state index in [9.17, 15) is 9.59 Å². The highest BCUT2D eigenvalue weighted by Crippen LogP contribution is 2.43. The highest BCUT2D eigenvalue weighted by Gasteiger charge is 2.30. The van der Waals surface area contributed by atoms with E-state index in [4.69, 9.17) is 14.2 Å². The molecule has 0 amide bonds. The summed E-state index contributed by atoms with van der Waals surface area (Å²) < 4.78 is 17.0. The van der Waals surface area contributed by atoms with Crippen LogP contribution in [0, 0.1) is 5.92 Å². The van der Waals surface area contributed by atoms with E-state index >= 15 is 0 Å². The van der Waals surface area contributed by atoms with Crippen LogP contribution >= 0.6 is 0 Å². The summed E-state index contributed by atoms with van der Waals surface area (Å²) in [5.41, 5.74) is 4.52. The number of likely N-dealkylation sites (tertiary alicyclic amines) is 1. The van der Waals surface area contributed by atoms with Crippen molar-refractivity contribution >= 4 is 17.5 Å². The number of piperidine rings is 1. The number of ether oxygens (including phenoxy) is 3. The summed E-state index contributed by atoms with van der Waals surface area (Å²) in [4.78, 5) is 26.5. The smallest absolute Gasteiger partial charge is 0.311 e. The van der Waals surface area contributed by atoms with Gasteiger partial charge in [-0.25, -0.2) is 0 Å². The molecule has 2 aliphatic rings. The Kier molecular flexibility index (Phi) is 8.81. The number of Topliss-reactive ketones (excluding diaryl/α,β-unsaturated/α-hetero) is 1. The van der Waals surface area contributed by atoms with Gasteiger partial charge in [0.15, 0.2) is 11.5 Å². The average molecular weight is 492 g/mol. The molecule has 1 aliphatic carbocycles. The Bertz CT molecular complexity index is 1100. The zero-order valence-corrected chi connectivity index (χ0v) is 21.7. The first-order valence-corrected chi connectivity index (χ1v) is 12.9. The third-order valence-corrected chi connectivity index (χ3v) is 7.20. The number of allylic oxidation sites excluding steroid dienone is 1. The van der Waals surface area contributed by atoms with Crippen LogP contribution in [0.5, 0.6) is 11.5 Å². The molecule has 0 bridgehead atoms. The molecule has 6 nitrogen and oxygen atoms in total. The summed E-state index contributed by atoms with van der Waals surface area (Å²) >= 11 is 0. The van der Waals surface area contributed by atoms with Crippen LogP contribution in [0.25, 0.3) is 5.76 Å². The van der Waals surface area contributed by atoms with E-state index in [0.717, 1.165) is 56.4 Å². The molecule has 1 fully saturated rings. The Balaban J connectivity index is 1.46. The van der Waals surface area contributed by atoms with E-state index in [-0.39, 0.29) is 18.2 Å². The summed E-state index contributed by atoms with van der Waals surface area (Å²) in [5.74, 6) is 2.33. The number of hydrogen-bond donors (Lipinski definition) is 0. The normalized spacial score (nSPS) is 16.1. The van der Waals surface area contributed by atoms with Crippen molar-refractivity contribution in [2.75, 3.05) is 27.3 Å². The SMILES string of the molecule is COc1cc2c(cc1OC)C(OC(=O)CCCC(C)=O)=C(CC1CCN(Cc3ccccc3)CC1)C2. The van der Waals surface area contributed by atoms with Gasteiger partial charge in [-0.1, -0.05) is 30.3 Å². The van der Waals surface area contributed by atoms with E-state index in [1.807, 2.05) is 12.1 Å². The zero-order valence-electron chi connectivity index (χ0n) is 21.7. The van der Waals surface area contributed by atoms with Crippen LogP contribution < -0.4 is 9.47 Å². The number of methoxy groups -OCH3 is 2. The lowest BCUT2D eigenvalue weighted by Crippen LogP contribution is -2.33. The molecule has 2 aromatic carbocycles. The summed E-state index contributed by atoms with van der Waals surface area (Å²) in [6.45, 7) is 4.68. The Morgan fingerprint density at radius 2 is 1.67 bits per heavy atom. The van der Waals surface area contributed by atoms with Crippen molar-refractivity contribution in [1.82, 2.24) is 4.90 Å². The highest BCUT2D eigenvalue weighted by molar-refractivity contribution is 5.84. The van der Waals surface area contributed by atoms with Crippen molar-refractivity contribution in [3.05, 3.63) is 64.7 Å². The molecular weight excluding hydrogens is 454 g/mol. The first-order chi connectivity index (χ1) is 17.5. The summed E-state index contributed by atoms with van der Waals surface area (Å²) in [6.07, 6.45) is 5.04. The molecule has 6 heteroatoms. The predicted octanol–water partition coefficient (Wildman–Crippen LogP) is 5.58. The van der Waals surface area contributed by atoms with Crippen LogP contribution in [0.15, 0.2) is 48.0 Å². The molecule has 0 unspecified atom stereocenters. The quantitative estimate of drug-likeness (QED) is 0.383.